The van der Waals surface area contributed by atoms with Crippen molar-refractivity contribution in [3.8, 4) is 11.3 Å². The van der Waals surface area contributed by atoms with E-state index in [-0.39, 0.29) is 5.41 Å². The van der Waals surface area contributed by atoms with Gasteiger partial charge in [0.2, 0.25) is 0 Å². The molecule has 0 bridgehead atoms. The molecule has 31 heavy (non-hydrogen) atoms. The van der Waals surface area contributed by atoms with Crippen LogP contribution in [0.5, 0.6) is 0 Å². The Kier molecular flexibility index (Phi) is 3.64. The molecule has 3 heteroatoms. The van der Waals surface area contributed by atoms with Gasteiger partial charge in [-0.25, -0.2) is 0 Å². The predicted molar refractivity (Wildman–Crippen MR) is 128 cm³/mol. The van der Waals surface area contributed by atoms with Crippen LogP contribution in [-0.2, 0) is 5.41 Å². The van der Waals surface area contributed by atoms with E-state index in [2.05, 4.69) is 69.3 Å². The minimum Gasteiger partial charge on any atom is -0.461 e. The Morgan fingerprint density at radius 1 is 0.774 bits per heavy atom. The Morgan fingerprint density at radius 3 is 2.45 bits per heavy atom. The number of aryl methyl sites for hydroxylation is 1. The second kappa shape index (κ2) is 6.21. The van der Waals surface area contributed by atoms with Crippen LogP contribution in [0.25, 0.3) is 54.9 Å². The summed E-state index contributed by atoms with van der Waals surface area (Å²) in [6, 6.07) is 21.2. The van der Waals surface area contributed by atoms with Crippen LogP contribution in [0.1, 0.15) is 32.1 Å². The fourth-order valence-electron chi connectivity index (χ4n) is 4.69. The van der Waals surface area contributed by atoms with E-state index in [1.54, 1.807) is 0 Å². The Labute approximate surface area is 180 Å². The van der Waals surface area contributed by atoms with Crippen LogP contribution in [0.15, 0.2) is 75.7 Å². The van der Waals surface area contributed by atoms with Gasteiger partial charge in [-0.1, -0.05) is 45.0 Å². The average Bonchev–Trinajstić information content (AvgIpc) is 3.31. The fraction of sp³-hybridized carbons (Fsp3) is 0.179. The summed E-state index contributed by atoms with van der Waals surface area (Å²) in [5.41, 5.74) is 5.74. The molecule has 3 aromatic carbocycles. The van der Waals surface area contributed by atoms with Gasteiger partial charge in [0.15, 0.2) is 5.58 Å². The summed E-state index contributed by atoms with van der Waals surface area (Å²) in [5.74, 6) is 0.899. The zero-order chi connectivity index (χ0) is 21.3. The van der Waals surface area contributed by atoms with Crippen LogP contribution in [0.4, 0.5) is 0 Å². The highest BCUT2D eigenvalue weighted by Crippen LogP contribution is 2.41. The van der Waals surface area contributed by atoms with Crippen molar-refractivity contribution in [2.45, 2.75) is 33.1 Å². The summed E-state index contributed by atoms with van der Waals surface area (Å²) in [6.07, 6.45) is 1.87. The monoisotopic (exact) mass is 405 g/mol. The number of aromatic nitrogens is 1. The number of furan rings is 2. The van der Waals surface area contributed by atoms with Gasteiger partial charge in [-0.3, -0.25) is 4.98 Å². The van der Waals surface area contributed by atoms with Crippen molar-refractivity contribution < 1.29 is 8.83 Å². The first kappa shape index (κ1) is 18.2. The average molecular weight is 405 g/mol. The highest BCUT2D eigenvalue weighted by Gasteiger charge is 2.21. The molecule has 0 radical (unpaired) electrons. The molecule has 0 aliphatic carbocycles. The molecule has 3 nitrogen and oxygen atoms in total. The molecule has 6 rings (SSSR count). The Balaban J connectivity index is 1.71. The van der Waals surface area contributed by atoms with Crippen molar-refractivity contribution in [1.82, 2.24) is 4.98 Å². The quantitative estimate of drug-likeness (QED) is 0.277. The Bertz CT molecular complexity index is 1630. The van der Waals surface area contributed by atoms with E-state index in [0.717, 1.165) is 49.9 Å². The molecule has 0 saturated heterocycles. The third-order valence-corrected chi connectivity index (χ3v) is 6.10. The number of hydrogen-bond donors (Lipinski definition) is 0. The van der Waals surface area contributed by atoms with Crippen LogP contribution in [0.3, 0.4) is 0 Å². The van der Waals surface area contributed by atoms with Gasteiger partial charge in [-0.15, -0.1) is 0 Å². The maximum absolute atomic E-state index is 6.37. The SMILES string of the molecule is Cc1cc2ccc3oc4c(-c5cc(C(C)(C)C)c6ccccc6c5)nccc4c3c2o1. The van der Waals surface area contributed by atoms with Gasteiger partial charge in [0, 0.05) is 22.5 Å². The van der Waals surface area contributed by atoms with Gasteiger partial charge in [0.25, 0.3) is 0 Å². The standard InChI is InChI=1S/C28H23NO2/c1-16-13-18-9-10-23-24(26(18)30-16)21-11-12-29-25(27(21)31-23)19-14-17-7-5-6-8-20(17)22(15-19)28(2,3)4/h5-15H,1-4H3. The molecular formula is C28H23NO2. The summed E-state index contributed by atoms with van der Waals surface area (Å²) in [5, 5.41) is 5.63. The number of nitrogens with zero attached hydrogens (tertiary/aromatic N) is 1. The van der Waals surface area contributed by atoms with Gasteiger partial charge >= 0.3 is 0 Å². The second-order valence-corrected chi connectivity index (χ2v) is 9.35. The lowest BCUT2D eigenvalue weighted by Crippen LogP contribution is -2.12. The summed E-state index contributed by atoms with van der Waals surface area (Å²) in [6.45, 7) is 8.74. The molecule has 3 aromatic heterocycles. The van der Waals surface area contributed by atoms with Crippen molar-refractivity contribution in [2.75, 3.05) is 0 Å². The topological polar surface area (TPSA) is 39.2 Å². The molecule has 0 aliphatic heterocycles. The number of pyridine rings is 1. The van der Waals surface area contributed by atoms with Gasteiger partial charge in [0.05, 0.1) is 5.39 Å². The summed E-state index contributed by atoms with van der Waals surface area (Å²) in [4.78, 5) is 4.76. The van der Waals surface area contributed by atoms with Crippen molar-refractivity contribution in [1.29, 1.82) is 0 Å². The molecule has 0 spiro atoms. The molecule has 0 unspecified atom stereocenters. The zero-order valence-corrected chi connectivity index (χ0v) is 18.1. The predicted octanol–water partition coefficient (Wildman–Crippen LogP) is 8.15. The molecule has 0 atom stereocenters. The van der Waals surface area contributed by atoms with Crippen molar-refractivity contribution >= 4 is 43.7 Å². The zero-order valence-electron chi connectivity index (χ0n) is 18.1. The van der Waals surface area contributed by atoms with Crippen LogP contribution in [-0.4, -0.2) is 4.98 Å². The van der Waals surface area contributed by atoms with Gasteiger partial charge in [-0.05, 0) is 65.1 Å². The molecular weight excluding hydrogens is 382 g/mol. The first-order valence-corrected chi connectivity index (χ1v) is 10.6. The molecule has 0 amide bonds. The number of rotatable bonds is 1. The highest BCUT2D eigenvalue weighted by atomic mass is 16.3. The van der Waals surface area contributed by atoms with E-state index in [0.29, 0.717) is 0 Å². The van der Waals surface area contributed by atoms with E-state index >= 15 is 0 Å². The molecule has 152 valence electrons. The van der Waals surface area contributed by atoms with Gasteiger partial charge in [-0.2, -0.15) is 0 Å². The smallest absolute Gasteiger partial charge is 0.161 e. The maximum atomic E-state index is 6.37. The van der Waals surface area contributed by atoms with Crippen LogP contribution >= 0.6 is 0 Å². The Hall–Kier alpha value is -3.59. The normalized spacial score (nSPS) is 12.5. The van der Waals surface area contributed by atoms with Crippen molar-refractivity contribution in [3.63, 3.8) is 0 Å². The third kappa shape index (κ3) is 2.70. The minimum absolute atomic E-state index is 0.00917. The lowest BCUT2D eigenvalue weighted by Gasteiger charge is -2.22. The molecule has 3 heterocycles. The maximum Gasteiger partial charge on any atom is 0.161 e. The first-order valence-electron chi connectivity index (χ1n) is 10.6. The molecule has 0 saturated carbocycles. The van der Waals surface area contributed by atoms with Crippen LogP contribution in [0.2, 0.25) is 0 Å². The van der Waals surface area contributed by atoms with Gasteiger partial charge < -0.3 is 8.83 Å². The fourth-order valence-corrected chi connectivity index (χ4v) is 4.69. The molecule has 0 aliphatic rings. The van der Waals surface area contributed by atoms with Crippen molar-refractivity contribution in [2.24, 2.45) is 0 Å². The summed E-state index contributed by atoms with van der Waals surface area (Å²) in [7, 11) is 0. The summed E-state index contributed by atoms with van der Waals surface area (Å²) < 4.78 is 12.4. The summed E-state index contributed by atoms with van der Waals surface area (Å²) >= 11 is 0. The number of fused-ring (bicyclic) bond motifs is 6. The van der Waals surface area contributed by atoms with E-state index in [1.165, 1.54) is 16.3 Å². The minimum atomic E-state index is 0.00917. The molecule has 6 aromatic rings. The van der Waals surface area contributed by atoms with E-state index in [1.807, 2.05) is 25.3 Å². The first-order chi connectivity index (χ1) is 14.9. The third-order valence-electron chi connectivity index (χ3n) is 6.10. The Morgan fingerprint density at radius 2 is 1.61 bits per heavy atom. The van der Waals surface area contributed by atoms with E-state index < -0.39 is 0 Å². The molecule has 0 N–H and O–H groups in total. The number of benzene rings is 3. The number of hydrogen-bond acceptors (Lipinski definition) is 3. The largest absolute Gasteiger partial charge is 0.461 e. The highest BCUT2D eigenvalue weighted by molar-refractivity contribution is 6.18. The molecule has 0 fully saturated rings. The second-order valence-electron chi connectivity index (χ2n) is 9.35. The van der Waals surface area contributed by atoms with Crippen LogP contribution in [0, 0.1) is 6.92 Å². The van der Waals surface area contributed by atoms with E-state index in [4.69, 9.17) is 13.8 Å². The van der Waals surface area contributed by atoms with E-state index in [9.17, 15) is 0 Å². The van der Waals surface area contributed by atoms with Crippen LogP contribution < -0.4 is 0 Å². The lowest BCUT2D eigenvalue weighted by molar-refractivity contribution is 0.581. The lowest BCUT2D eigenvalue weighted by atomic mass is 9.82. The van der Waals surface area contributed by atoms with Gasteiger partial charge in [0.1, 0.15) is 22.6 Å². The van der Waals surface area contributed by atoms with Crippen molar-refractivity contribution in [3.05, 3.63) is 78.2 Å².